The monoisotopic (exact) mass is 440 g/mol. The van der Waals surface area contributed by atoms with Gasteiger partial charge in [0.25, 0.3) is 5.56 Å². The number of aliphatic hydroxyl groups is 1. The number of hydrazone groups is 1. The molecule has 170 valence electrons. The van der Waals surface area contributed by atoms with Gasteiger partial charge >= 0.3 is 5.69 Å². The number of anilines is 1. The molecule has 1 unspecified atom stereocenters. The fourth-order valence-corrected chi connectivity index (χ4v) is 3.02. The number of imidazole rings is 1. The van der Waals surface area contributed by atoms with Crippen LogP contribution in [0.4, 0.5) is 5.95 Å². The van der Waals surface area contributed by atoms with E-state index in [0.29, 0.717) is 5.71 Å². The van der Waals surface area contributed by atoms with Gasteiger partial charge in [0.05, 0.1) is 31.1 Å². The lowest BCUT2D eigenvalue weighted by atomic mass is 10.2. The molecule has 2 heterocycles. The smallest absolute Gasteiger partial charge is 0.329 e. The largest absolute Gasteiger partial charge is 0.389 e. The Bertz CT molecular complexity index is 1240. The van der Waals surface area contributed by atoms with Crippen molar-refractivity contribution in [1.82, 2.24) is 19.1 Å². The van der Waals surface area contributed by atoms with Crippen LogP contribution in [-0.4, -0.2) is 48.7 Å². The maximum Gasteiger partial charge on any atom is 0.329 e. The Morgan fingerprint density at radius 1 is 1.31 bits per heavy atom. The highest BCUT2D eigenvalue weighted by Crippen LogP contribution is 2.16. The number of nitrogens with one attached hydrogen (secondary N) is 2. The summed E-state index contributed by atoms with van der Waals surface area (Å²) in [7, 11) is 1.51. The summed E-state index contributed by atoms with van der Waals surface area (Å²) >= 11 is 0. The van der Waals surface area contributed by atoms with Crippen LogP contribution in [-0.2, 0) is 18.3 Å². The van der Waals surface area contributed by atoms with Crippen molar-refractivity contribution in [3.63, 3.8) is 0 Å². The number of ether oxygens (including phenoxy) is 1. The van der Waals surface area contributed by atoms with Gasteiger partial charge in [-0.1, -0.05) is 36.4 Å². The lowest BCUT2D eigenvalue weighted by molar-refractivity contribution is -0.000105. The summed E-state index contributed by atoms with van der Waals surface area (Å²) in [5, 5.41) is 14.7. The number of benzene rings is 1. The third-order valence-corrected chi connectivity index (χ3v) is 4.67. The summed E-state index contributed by atoms with van der Waals surface area (Å²) in [4.78, 5) is 31.2. The topological polar surface area (TPSA) is 127 Å². The summed E-state index contributed by atoms with van der Waals surface area (Å²) in [5.74, 6) is 0.225. The van der Waals surface area contributed by atoms with Crippen molar-refractivity contribution in [1.29, 1.82) is 0 Å². The Morgan fingerprint density at radius 3 is 2.72 bits per heavy atom. The second-order valence-electron chi connectivity index (χ2n) is 7.68. The van der Waals surface area contributed by atoms with E-state index in [1.807, 2.05) is 63.3 Å². The van der Waals surface area contributed by atoms with Gasteiger partial charge in [0.2, 0.25) is 5.95 Å². The van der Waals surface area contributed by atoms with Gasteiger partial charge < -0.3 is 14.4 Å². The molecule has 1 aromatic carbocycles. The standard InChI is InChI=1S/C22H28N6O4/c1-14(2)32-13-17(29)12-28-18-19(27(4)22(31)24-20(18)30)23-21(28)26-25-15(3)10-11-16-8-6-5-7-9-16/h5-11,14,17,29H,12-13H2,1-4H3,(H,23,26)(H,24,30,31). The first-order valence-corrected chi connectivity index (χ1v) is 10.3. The minimum atomic E-state index is -0.893. The third-order valence-electron chi connectivity index (χ3n) is 4.67. The fraction of sp³-hybridized carbons (Fsp3) is 0.364. The van der Waals surface area contributed by atoms with E-state index in [9.17, 15) is 14.7 Å². The number of aromatic nitrogens is 4. The van der Waals surface area contributed by atoms with Gasteiger partial charge in [-0.05, 0) is 32.4 Å². The van der Waals surface area contributed by atoms with Crippen LogP contribution < -0.4 is 16.7 Å². The zero-order valence-electron chi connectivity index (χ0n) is 18.6. The number of hydrogen-bond donors (Lipinski definition) is 3. The number of aliphatic hydroxyl groups excluding tert-OH is 1. The zero-order valence-corrected chi connectivity index (χ0v) is 18.6. The molecule has 10 heteroatoms. The number of aryl methyl sites for hydroxylation is 1. The number of aromatic amines is 1. The molecule has 3 rings (SSSR count). The first-order chi connectivity index (χ1) is 15.3. The SMILES string of the molecule is CC(C=Cc1ccccc1)=NNc1nc2c(c(=O)[nH]c(=O)n2C)n1CC(O)COC(C)C. The molecule has 0 aliphatic heterocycles. The summed E-state index contributed by atoms with van der Waals surface area (Å²) in [6.07, 6.45) is 2.82. The van der Waals surface area contributed by atoms with Crippen LogP contribution in [0.5, 0.6) is 0 Å². The Morgan fingerprint density at radius 2 is 2.03 bits per heavy atom. The number of rotatable bonds is 9. The Labute approximate surface area is 184 Å². The van der Waals surface area contributed by atoms with Crippen molar-refractivity contribution >= 4 is 28.9 Å². The molecule has 0 saturated carbocycles. The van der Waals surface area contributed by atoms with Gasteiger partial charge in [-0.25, -0.2) is 10.2 Å². The van der Waals surface area contributed by atoms with Crippen molar-refractivity contribution in [2.75, 3.05) is 12.0 Å². The second-order valence-corrected chi connectivity index (χ2v) is 7.68. The van der Waals surface area contributed by atoms with Crippen molar-refractivity contribution < 1.29 is 9.84 Å². The van der Waals surface area contributed by atoms with Gasteiger partial charge in [0.1, 0.15) is 0 Å². The van der Waals surface area contributed by atoms with Crippen LogP contribution in [0.2, 0.25) is 0 Å². The molecule has 0 fully saturated rings. The molecule has 32 heavy (non-hydrogen) atoms. The fourth-order valence-electron chi connectivity index (χ4n) is 3.02. The van der Waals surface area contributed by atoms with Crippen LogP contribution in [0.15, 0.2) is 51.1 Å². The number of hydrogen-bond acceptors (Lipinski definition) is 7. The van der Waals surface area contributed by atoms with Gasteiger partial charge in [0, 0.05) is 7.05 Å². The van der Waals surface area contributed by atoms with Gasteiger partial charge in [-0.3, -0.25) is 14.3 Å². The molecule has 2 aromatic heterocycles. The van der Waals surface area contributed by atoms with E-state index in [1.54, 1.807) is 0 Å². The lowest BCUT2D eigenvalue weighted by Gasteiger charge is -2.15. The first kappa shape index (κ1) is 23.2. The van der Waals surface area contributed by atoms with Gasteiger partial charge in [-0.15, -0.1) is 0 Å². The van der Waals surface area contributed by atoms with Crippen LogP contribution in [0.25, 0.3) is 17.2 Å². The Hall–Kier alpha value is -3.50. The predicted molar refractivity (Wildman–Crippen MR) is 125 cm³/mol. The number of allylic oxidation sites excluding steroid dienone is 1. The van der Waals surface area contributed by atoms with Crippen molar-refractivity contribution in [2.45, 2.75) is 39.5 Å². The normalized spacial score (nSPS) is 13.4. The van der Waals surface area contributed by atoms with E-state index in [4.69, 9.17) is 4.74 Å². The maximum atomic E-state index is 12.5. The predicted octanol–water partition coefficient (Wildman–Crippen LogP) is 1.71. The Balaban J connectivity index is 1.93. The molecule has 0 aliphatic carbocycles. The minimum absolute atomic E-state index is 0.0290. The lowest BCUT2D eigenvalue weighted by Crippen LogP contribution is -2.30. The van der Waals surface area contributed by atoms with Crippen LogP contribution >= 0.6 is 0 Å². The number of H-pyrrole nitrogens is 1. The summed E-state index contributed by atoms with van der Waals surface area (Å²) in [5.41, 5.74) is 3.72. The summed E-state index contributed by atoms with van der Waals surface area (Å²) in [6.45, 7) is 5.66. The van der Waals surface area contributed by atoms with E-state index >= 15 is 0 Å². The zero-order chi connectivity index (χ0) is 23.3. The highest BCUT2D eigenvalue weighted by Gasteiger charge is 2.19. The van der Waals surface area contributed by atoms with Crippen LogP contribution in [0, 0.1) is 0 Å². The van der Waals surface area contributed by atoms with Crippen molar-refractivity contribution in [2.24, 2.45) is 12.1 Å². The van der Waals surface area contributed by atoms with Gasteiger partial charge in [0.15, 0.2) is 11.2 Å². The molecular formula is C22H28N6O4. The summed E-state index contributed by atoms with van der Waals surface area (Å²) in [6, 6.07) is 9.79. The van der Waals surface area contributed by atoms with E-state index in [1.165, 1.54) is 16.2 Å². The van der Waals surface area contributed by atoms with Crippen LogP contribution in [0.3, 0.4) is 0 Å². The minimum Gasteiger partial charge on any atom is -0.389 e. The van der Waals surface area contributed by atoms with Crippen LogP contribution in [0.1, 0.15) is 26.3 Å². The molecule has 0 aliphatic rings. The highest BCUT2D eigenvalue weighted by molar-refractivity contribution is 5.96. The molecule has 0 amide bonds. The Kier molecular flexibility index (Phi) is 7.39. The average molecular weight is 441 g/mol. The number of nitrogens with zero attached hydrogens (tertiary/aromatic N) is 4. The molecule has 10 nitrogen and oxygen atoms in total. The third kappa shape index (κ3) is 5.59. The molecule has 0 spiro atoms. The van der Waals surface area contributed by atoms with E-state index < -0.39 is 17.4 Å². The van der Waals surface area contributed by atoms with Gasteiger partial charge in [-0.2, -0.15) is 10.1 Å². The average Bonchev–Trinajstić information content (AvgIpc) is 3.12. The maximum absolute atomic E-state index is 12.5. The number of fused-ring (bicyclic) bond motifs is 1. The molecule has 1 atom stereocenters. The highest BCUT2D eigenvalue weighted by atomic mass is 16.5. The molecular weight excluding hydrogens is 412 g/mol. The molecule has 0 radical (unpaired) electrons. The second kappa shape index (κ2) is 10.2. The van der Waals surface area contributed by atoms with E-state index in [-0.39, 0.29) is 36.4 Å². The quantitative estimate of drug-likeness (QED) is 0.343. The molecule has 3 aromatic rings. The van der Waals surface area contributed by atoms with Crippen molar-refractivity contribution in [3.05, 3.63) is 62.8 Å². The molecule has 0 bridgehead atoms. The van der Waals surface area contributed by atoms with Crippen molar-refractivity contribution in [3.8, 4) is 0 Å². The van der Waals surface area contributed by atoms with E-state index in [0.717, 1.165) is 5.56 Å². The van der Waals surface area contributed by atoms with E-state index in [2.05, 4.69) is 20.5 Å². The first-order valence-electron chi connectivity index (χ1n) is 10.3. The molecule has 0 saturated heterocycles. The summed E-state index contributed by atoms with van der Waals surface area (Å²) < 4.78 is 8.20. The molecule has 3 N–H and O–H groups in total.